The highest BCUT2D eigenvalue weighted by molar-refractivity contribution is 9.08. The summed E-state index contributed by atoms with van der Waals surface area (Å²) in [5.74, 6) is 1.58. The Labute approximate surface area is 97.1 Å². The van der Waals surface area contributed by atoms with Crippen LogP contribution in [0, 0.1) is 0 Å². The lowest BCUT2D eigenvalue weighted by molar-refractivity contribution is 0.480. The molecule has 0 radical (unpaired) electrons. The van der Waals surface area contributed by atoms with Crippen molar-refractivity contribution in [2.75, 3.05) is 0 Å². The van der Waals surface area contributed by atoms with Gasteiger partial charge in [-0.1, -0.05) is 28.1 Å². The van der Waals surface area contributed by atoms with Gasteiger partial charge in [-0.05, 0) is 29.8 Å². The monoisotopic (exact) mass is 263 g/mol. The van der Waals surface area contributed by atoms with E-state index in [1.807, 2.05) is 36.4 Å². The number of ether oxygens (including phenoxy) is 1. The molecular formula is C12H10BrNO. The number of benzene rings is 1. The molecule has 0 spiro atoms. The number of hydrogen-bond acceptors (Lipinski definition) is 2. The molecule has 2 aromatic rings. The average molecular weight is 264 g/mol. The molecule has 0 saturated carbocycles. The number of pyridine rings is 1. The molecule has 0 unspecified atom stereocenters. The summed E-state index contributed by atoms with van der Waals surface area (Å²) in [4.78, 5) is 3.98. The maximum Gasteiger partial charge on any atom is 0.145 e. The highest BCUT2D eigenvalue weighted by Crippen LogP contribution is 2.20. The van der Waals surface area contributed by atoms with Crippen LogP contribution in [0.25, 0.3) is 0 Å². The number of hydrogen-bond donors (Lipinski definition) is 0. The second-order valence-electron chi connectivity index (χ2n) is 3.07. The Morgan fingerprint density at radius 2 is 1.87 bits per heavy atom. The molecule has 1 aromatic carbocycles. The zero-order valence-electron chi connectivity index (χ0n) is 8.06. The van der Waals surface area contributed by atoms with Crippen LogP contribution in [-0.4, -0.2) is 4.98 Å². The molecule has 3 heteroatoms. The van der Waals surface area contributed by atoms with Crippen molar-refractivity contribution in [2.24, 2.45) is 0 Å². The van der Waals surface area contributed by atoms with Crippen LogP contribution in [0.1, 0.15) is 5.56 Å². The van der Waals surface area contributed by atoms with E-state index in [1.165, 1.54) is 5.56 Å². The fraction of sp³-hybridized carbons (Fsp3) is 0.0833. The minimum absolute atomic E-state index is 0.754. The summed E-state index contributed by atoms with van der Waals surface area (Å²) in [5, 5.41) is 0.861. The van der Waals surface area contributed by atoms with E-state index in [0.717, 1.165) is 16.8 Å². The first kappa shape index (κ1) is 10.2. The summed E-state index contributed by atoms with van der Waals surface area (Å²) in [7, 11) is 0. The molecule has 0 saturated heterocycles. The normalized spacial score (nSPS) is 9.93. The lowest BCUT2D eigenvalue weighted by Gasteiger charge is -2.04. The minimum atomic E-state index is 0.754. The standard InChI is InChI=1S/C12H10BrNO/c13-8-10-3-5-11(6-4-10)15-12-2-1-7-14-9-12/h1-7,9H,8H2. The van der Waals surface area contributed by atoms with E-state index >= 15 is 0 Å². The van der Waals surface area contributed by atoms with E-state index in [-0.39, 0.29) is 0 Å². The summed E-state index contributed by atoms with van der Waals surface area (Å²) in [6.07, 6.45) is 3.42. The molecule has 0 amide bonds. The number of rotatable bonds is 3. The number of nitrogens with zero attached hydrogens (tertiary/aromatic N) is 1. The highest BCUT2D eigenvalue weighted by Gasteiger charge is 1.96. The van der Waals surface area contributed by atoms with Crippen molar-refractivity contribution >= 4 is 15.9 Å². The molecular weight excluding hydrogens is 254 g/mol. The molecule has 2 nitrogen and oxygen atoms in total. The van der Waals surface area contributed by atoms with Crippen molar-refractivity contribution in [2.45, 2.75) is 5.33 Å². The smallest absolute Gasteiger partial charge is 0.145 e. The molecule has 1 aromatic heterocycles. The fourth-order valence-electron chi connectivity index (χ4n) is 1.19. The van der Waals surface area contributed by atoms with E-state index < -0.39 is 0 Å². The molecule has 76 valence electrons. The predicted molar refractivity (Wildman–Crippen MR) is 63.4 cm³/mol. The summed E-state index contributed by atoms with van der Waals surface area (Å²) < 4.78 is 5.60. The molecule has 0 fully saturated rings. The largest absolute Gasteiger partial charge is 0.456 e. The Bertz CT molecular complexity index is 413. The Morgan fingerprint density at radius 3 is 2.47 bits per heavy atom. The second kappa shape index (κ2) is 4.94. The van der Waals surface area contributed by atoms with Crippen molar-refractivity contribution in [3.63, 3.8) is 0 Å². The summed E-state index contributed by atoms with van der Waals surface area (Å²) in [5.41, 5.74) is 1.23. The lowest BCUT2D eigenvalue weighted by atomic mass is 10.2. The van der Waals surface area contributed by atoms with Crippen molar-refractivity contribution in [3.8, 4) is 11.5 Å². The molecule has 0 N–H and O–H groups in total. The van der Waals surface area contributed by atoms with Crippen molar-refractivity contribution in [1.29, 1.82) is 0 Å². The van der Waals surface area contributed by atoms with Gasteiger partial charge >= 0.3 is 0 Å². The maximum atomic E-state index is 5.60. The van der Waals surface area contributed by atoms with Crippen molar-refractivity contribution < 1.29 is 4.74 Å². The SMILES string of the molecule is BrCc1ccc(Oc2cccnc2)cc1. The Balaban J connectivity index is 2.11. The summed E-state index contributed by atoms with van der Waals surface area (Å²) in [6.45, 7) is 0. The van der Waals surface area contributed by atoms with E-state index in [9.17, 15) is 0 Å². The number of aromatic nitrogens is 1. The van der Waals surface area contributed by atoms with Crippen LogP contribution >= 0.6 is 15.9 Å². The minimum Gasteiger partial charge on any atom is -0.456 e. The van der Waals surface area contributed by atoms with Crippen LogP contribution in [0.3, 0.4) is 0 Å². The third-order valence-corrected chi connectivity index (χ3v) is 2.60. The number of alkyl halides is 1. The van der Waals surface area contributed by atoms with Gasteiger partial charge in [0.05, 0.1) is 6.20 Å². The molecule has 0 aliphatic rings. The predicted octanol–water partition coefficient (Wildman–Crippen LogP) is 3.77. The molecule has 0 atom stereocenters. The van der Waals surface area contributed by atoms with Gasteiger partial charge in [-0.2, -0.15) is 0 Å². The van der Waals surface area contributed by atoms with E-state index in [0.29, 0.717) is 0 Å². The van der Waals surface area contributed by atoms with Gasteiger partial charge in [0.2, 0.25) is 0 Å². The zero-order valence-corrected chi connectivity index (χ0v) is 9.65. The van der Waals surface area contributed by atoms with Crippen LogP contribution < -0.4 is 4.74 Å². The van der Waals surface area contributed by atoms with Gasteiger partial charge in [0, 0.05) is 11.5 Å². The first-order valence-electron chi connectivity index (χ1n) is 4.61. The van der Waals surface area contributed by atoms with Crippen molar-refractivity contribution in [3.05, 3.63) is 54.4 Å². The quantitative estimate of drug-likeness (QED) is 0.787. The van der Waals surface area contributed by atoms with Crippen LogP contribution in [0.4, 0.5) is 0 Å². The molecule has 0 aliphatic heterocycles. The molecule has 1 heterocycles. The van der Waals surface area contributed by atoms with E-state index in [2.05, 4.69) is 20.9 Å². The van der Waals surface area contributed by atoms with Gasteiger partial charge < -0.3 is 4.74 Å². The second-order valence-corrected chi connectivity index (χ2v) is 3.63. The Hall–Kier alpha value is -1.35. The topological polar surface area (TPSA) is 22.1 Å². The Kier molecular flexibility index (Phi) is 3.35. The third kappa shape index (κ3) is 2.80. The van der Waals surface area contributed by atoms with Gasteiger partial charge in [0.25, 0.3) is 0 Å². The van der Waals surface area contributed by atoms with Crippen LogP contribution in [0.5, 0.6) is 11.5 Å². The highest BCUT2D eigenvalue weighted by atomic mass is 79.9. The van der Waals surface area contributed by atoms with Crippen molar-refractivity contribution in [1.82, 2.24) is 4.98 Å². The first-order valence-corrected chi connectivity index (χ1v) is 5.73. The van der Waals surface area contributed by atoms with E-state index in [1.54, 1.807) is 12.4 Å². The molecule has 0 aliphatic carbocycles. The van der Waals surface area contributed by atoms with Gasteiger partial charge in [-0.15, -0.1) is 0 Å². The maximum absolute atomic E-state index is 5.60. The van der Waals surface area contributed by atoms with E-state index in [4.69, 9.17) is 4.74 Å². The average Bonchev–Trinajstić information content (AvgIpc) is 2.31. The molecule has 15 heavy (non-hydrogen) atoms. The molecule has 2 rings (SSSR count). The molecule has 0 bridgehead atoms. The summed E-state index contributed by atoms with van der Waals surface area (Å²) >= 11 is 3.40. The van der Waals surface area contributed by atoms with Crippen LogP contribution in [0.15, 0.2) is 48.8 Å². The van der Waals surface area contributed by atoms with Gasteiger partial charge in [0.15, 0.2) is 0 Å². The van der Waals surface area contributed by atoms with Gasteiger partial charge in [0.1, 0.15) is 11.5 Å². The van der Waals surface area contributed by atoms with Crippen LogP contribution in [-0.2, 0) is 5.33 Å². The Morgan fingerprint density at radius 1 is 1.07 bits per heavy atom. The van der Waals surface area contributed by atoms with Gasteiger partial charge in [-0.25, -0.2) is 0 Å². The summed E-state index contributed by atoms with van der Waals surface area (Å²) in [6, 6.07) is 11.7. The fourth-order valence-corrected chi connectivity index (χ4v) is 1.56. The third-order valence-electron chi connectivity index (χ3n) is 1.95. The van der Waals surface area contributed by atoms with Gasteiger partial charge in [-0.3, -0.25) is 4.98 Å². The lowest BCUT2D eigenvalue weighted by Crippen LogP contribution is -1.85. The van der Waals surface area contributed by atoms with Crippen LogP contribution in [0.2, 0.25) is 0 Å². The number of halogens is 1. The first-order chi connectivity index (χ1) is 7.38. The zero-order chi connectivity index (χ0) is 10.5.